The van der Waals surface area contributed by atoms with Crippen molar-refractivity contribution >= 4 is 29.3 Å². The van der Waals surface area contributed by atoms with E-state index in [1.54, 1.807) is 0 Å². The predicted molar refractivity (Wildman–Crippen MR) is 101 cm³/mol. The molecule has 0 radical (unpaired) electrons. The Balaban J connectivity index is 1.92. The van der Waals surface area contributed by atoms with Gasteiger partial charge in [0.2, 0.25) is 5.91 Å². The molecule has 0 spiro atoms. The monoisotopic (exact) mass is 382 g/mol. The highest BCUT2D eigenvalue weighted by molar-refractivity contribution is 8.00. The van der Waals surface area contributed by atoms with E-state index in [0.717, 1.165) is 17.8 Å². The van der Waals surface area contributed by atoms with Gasteiger partial charge in [0.25, 0.3) is 0 Å². The molecule has 2 rings (SSSR count). The topological polar surface area (TPSA) is 69.0 Å². The van der Waals surface area contributed by atoms with Crippen LogP contribution in [0.3, 0.4) is 0 Å². The minimum atomic E-state index is -0.256. The molecule has 25 heavy (non-hydrogen) atoms. The molecule has 0 aliphatic rings. The van der Waals surface area contributed by atoms with Crippen LogP contribution in [0.1, 0.15) is 20.3 Å². The Morgan fingerprint density at radius 3 is 2.76 bits per heavy atom. The van der Waals surface area contributed by atoms with Gasteiger partial charge in [-0.05, 0) is 44.5 Å². The number of hydrogen-bond donors (Lipinski definition) is 1. The molecule has 1 amide bonds. The number of nitrogens with one attached hydrogen (secondary N) is 1. The number of hydrogen-bond acceptors (Lipinski definition) is 5. The van der Waals surface area contributed by atoms with Crippen molar-refractivity contribution in [3.8, 4) is 11.4 Å². The fourth-order valence-corrected chi connectivity index (χ4v) is 3.12. The predicted octanol–water partition coefficient (Wildman–Crippen LogP) is 3.16. The zero-order valence-electron chi connectivity index (χ0n) is 14.7. The third-order valence-corrected chi connectivity index (χ3v) is 4.94. The zero-order chi connectivity index (χ0) is 18.2. The summed E-state index contributed by atoms with van der Waals surface area (Å²) in [5.41, 5.74) is 0.930. The lowest BCUT2D eigenvalue weighted by Gasteiger charge is -2.11. The lowest BCUT2D eigenvalue weighted by Crippen LogP contribution is -2.32. The van der Waals surface area contributed by atoms with Gasteiger partial charge < -0.3 is 14.6 Å². The molecular weight excluding hydrogens is 360 g/mol. The number of carbonyl (C=O) groups is 1. The summed E-state index contributed by atoms with van der Waals surface area (Å²) in [6.45, 7) is 5.78. The molecule has 1 atom stereocenters. The molecule has 1 aromatic heterocycles. The van der Waals surface area contributed by atoms with Crippen molar-refractivity contribution in [1.82, 2.24) is 20.1 Å². The average molecular weight is 383 g/mol. The Bertz CT molecular complexity index is 690. The number of ether oxygens (including phenoxy) is 1. The van der Waals surface area contributed by atoms with Crippen molar-refractivity contribution in [2.45, 2.75) is 30.7 Å². The number of rotatable bonds is 9. The Kier molecular flexibility index (Phi) is 7.74. The largest absolute Gasteiger partial charge is 0.382 e. The van der Waals surface area contributed by atoms with Crippen LogP contribution in [-0.2, 0) is 16.6 Å². The smallest absolute Gasteiger partial charge is 0.233 e. The molecule has 0 bridgehead atoms. The van der Waals surface area contributed by atoms with E-state index in [1.807, 2.05) is 49.7 Å². The first-order valence-electron chi connectivity index (χ1n) is 8.20. The fourth-order valence-electron chi connectivity index (χ4n) is 2.15. The number of benzene rings is 1. The van der Waals surface area contributed by atoms with E-state index >= 15 is 0 Å². The highest BCUT2D eigenvalue weighted by Crippen LogP contribution is 2.26. The fraction of sp³-hybridized carbons (Fsp3) is 0.471. The molecule has 8 heteroatoms. The van der Waals surface area contributed by atoms with E-state index in [2.05, 4.69) is 15.5 Å². The lowest BCUT2D eigenvalue weighted by molar-refractivity contribution is -0.120. The van der Waals surface area contributed by atoms with Gasteiger partial charge in [-0.3, -0.25) is 4.79 Å². The summed E-state index contributed by atoms with van der Waals surface area (Å²) in [6.07, 6.45) is 0.807. The van der Waals surface area contributed by atoms with Crippen LogP contribution in [-0.4, -0.2) is 45.7 Å². The Hall–Kier alpha value is -1.57. The normalized spacial score (nSPS) is 12.2. The second-order valence-electron chi connectivity index (χ2n) is 5.47. The van der Waals surface area contributed by atoms with Gasteiger partial charge in [0, 0.05) is 37.4 Å². The van der Waals surface area contributed by atoms with Gasteiger partial charge in [-0.25, -0.2) is 0 Å². The van der Waals surface area contributed by atoms with Gasteiger partial charge in [-0.1, -0.05) is 23.4 Å². The summed E-state index contributed by atoms with van der Waals surface area (Å²) < 4.78 is 7.13. The zero-order valence-corrected chi connectivity index (χ0v) is 16.2. The summed E-state index contributed by atoms with van der Waals surface area (Å²) in [4.78, 5) is 12.2. The summed E-state index contributed by atoms with van der Waals surface area (Å²) in [5.74, 6) is 0.723. The number of aromatic nitrogens is 3. The van der Waals surface area contributed by atoms with Crippen molar-refractivity contribution in [2.24, 2.45) is 7.05 Å². The maximum Gasteiger partial charge on any atom is 0.233 e. The minimum absolute atomic E-state index is 0.0162. The van der Waals surface area contributed by atoms with Gasteiger partial charge in [0.15, 0.2) is 11.0 Å². The average Bonchev–Trinajstić information content (AvgIpc) is 2.96. The van der Waals surface area contributed by atoms with Crippen LogP contribution in [0.5, 0.6) is 0 Å². The molecule has 0 aliphatic heterocycles. The van der Waals surface area contributed by atoms with Crippen LogP contribution in [0.25, 0.3) is 11.4 Å². The van der Waals surface area contributed by atoms with E-state index < -0.39 is 0 Å². The van der Waals surface area contributed by atoms with Gasteiger partial charge >= 0.3 is 0 Å². The number of nitrogens with zero attached hydrogens (tertiary/aromatic N) is 3. The first-order chi connectivity index (χ1) is 12.0. The molecule has 2 aromatic rings. The second kappa shape index (κ2) is 9.79. The molecule has 0 saturated carbocycles. The summed E-state index contributed by atoms with van der Waals surface area (Å²) in [5, 5.41) is 12.5. The van der Waals surface area contributed by atoms with Crippen LogP contribution in [0.4, 0.5) is 0 Å². The van der Waals surface area contributed by atoms with Crippen molar-refractivity contribution in [3.63, 3.8) is 0 Å². The third-order valence-electron chi connectivity index (χ3n) is 3.56. The summed E-state index contributed by atoms with van der Waals surface area (Å²) in [7, 11) is 1.89. The molecule has 1 N–H and O–H groups in total. The highest BCUT2D eigenvalue weighted by atomic mass is 35.5. The maximum atomic E-state index is 12.2. The van der Waals surface area contributed by atoms with Gasteiger partial charge in [-0.2, -0.15) is 0 Å². The molecule has 6 nitrogen and oxygen atoms in total. The van der Waals surface area contributed by atoms with Crippen molar-refractivity contribution in [1.29, 1.82) is 0 Å². The van der Waals surface area contributed by atoms with E-state index in [-0.39, 0.29) is 11.2 Å². The van der Waals surface area contributed by atoms with Crippen molar-refractivity contribution < 1.29 is 9.53 Å². The minimum Gasteiger partial charge on any atom is -0.382 e. The maximum absolute atomic E-state index is 12.2. The number of amides is 1. The van der Waals surface area contributed by atoms with Gasteiger partial charge in [-0.15, -0.1) is 10.2 Å². The molecule has 0 aliphatic carbocycles. The van der Waals surface area contributed by atoms with Gasteiger partial charge in [0.05, 0.1) is 5.25 Å². The third kappa shape index (κ3) is 5.73. The van der Waals surface area contributed by atoms with Crippen molar-refractivity contribution in [3.05, 3.63) is 29.3 Å². The summed E-state index contributed by atoms with van der Waals surface area (Å²) in [6, 6.07) is 7.43. The van der Waals surface area contributed by atoms with Crippen LogP contribution in [0, 0.1) is 0 Å². The molecule has 1 heterocycles. The Morgan fingerprint density at radius 1 is 1.36 bits per heavy atom. The van der Waals surface area contributed by atoms with E-state index in [0.29, 0.717) is 29.9 Å². The Morgan fingerprint density at radius 2 is 2.08 bits per heavy atom. The van der Waals surface area contributed by atoms with Crippen LogP contribution < -0.4 is 5.32 Å². The molecule has 136 valence electrons. The lowest BCUT2D eigenvalue weighted by atomic mass is 10.2. The highest BCUT2D eigenvalue weighted by Gasteiger charge is 2.19. The number of carbonyl (C=O) groups excluding carboxylic acids is 1. The van der Waals surface area contributed by atoms with Crippen LogP contribution in [0.2, 0.25) is 5.02 Å². The number of thioether (sulfide) groups is 1. The van der Waals surface area contributed by atoms with E-state index in [1.165, 1.54) is 11.8 Å². The van der Waals surface area contributed by atoms with Crippen LogP contribution >= 0.6 is 23.4 Å². The second-order valence-corrected chi connectivity index (χ2v) is 7.22. The molecule has 1 aromatic carbocycles. The summed E-state index contributed by atoms with van der Waals surface area (Å²) >= 11 is 7.30. The first kappa shape index (κ1) is 19.8. The Labute approximate surface area is 157 Å². The number of halogens is 1. The van der Waals surface area contributed by atoms with Crippen molar-refractivity contribution in [2.75, 3.05) is 19.8 Å². The SMILES string of the molecule is CCOCCCNC(=O)C(C)Sc1nnc(-c2ccc(Cl)cc2)n1C. The molecular formula is C17H23ClN4O2S. The quantitative estimate of drug-likeness (QED) is 0.533. The first-order valence-corrected chi connectivity index (χ1v) is 9.46. The van der Waals surface area contributed by atoms with E-state index in [9.17, 15) is 4.79 Å². The molecule has 0 saturated heterocycles. The van der Waals surface area contributed by atoms with E-state index in [4.69, 9.17) is 16.3 Å². The van der Waals surface area contributed by atoms with Crippen LogP contribution in [0.15, 0.2) is 29.4 Å². The van der Waals surface area contributed by atoms with Gasteiger partial charge in [0.1, 0.15) is 0 Å². The molecule has 1 unspecified atom stereocenters. The standard InChI is InChI=1S/C17H23ClN4O2S/c1-4-24-11-5-10-19-16(23)12(2)25-17-21-20-15(22(17)3)13-6-8-14(18)9-7-13/h6-9,12H,4-5,10-11H2,1-3H3,(H,19,23). The molecule has 0 fully saturated rings.